The Kier molecular flexibility index (Phi) is 3.46. The van der Waals surface area contributed by atoms with Crippen molar-refractivity contribution in [1.29, 1.82) is 0 Å². The van der Waals surface area contributed by atoms with Gasteiger partial charge in [-0.05, 0) is 6.92 Å². The summed E-state index contributed by atoms with van der Waals surface area (Å²) < 4.78 is 0. The summed E-state index contributed by atoms with van der Waals surface area (Å²) in [6.45, 7) is 2.03. The van der Waals surface area contributed by atoms with Crippen LogP contribution in [0.1, 0.15) is 4.88 Å². The lowest BCUT2D eigenvalue weighted by Crippen LogP contribution is -2.35. The van der Waals surface area contributed by atoms with Gasteiger partial charge in [-0.2, -0.15) is 4.99 Å². The van der Waals surface area contributed by atoms with Crippen LogP contribution in [0.4, 0.5) is 5.13 Å². The number of hydrogen-bond acceptors (Lipinski definition) is 3. The maximum atomic E-state index is 4.45. The molecule has 0 amide bonds. The molecule has 0 aliphatic heterocycles. The van der Waals surface area contributed by atoms with E-state index >= 15 is 0 Å². The van der Waals surface area contributed by atoms with Gasteiger partial charge in [-0.25, -0.2) is 4.98 Å². The number of aromatic nitrogens is 1. The number of guanidine groups is 1. The summed E-state index contributed by atoms with van der Waals surface area (Å²) in [6.07, 6.45) is 1.84. The molecule has 0 bridgehead atoms. The van der Waals surface area contributed by atoms with E-state index in [1.165, 1.54) is 4.88 Å². The number of aryl methyl sites for hydroxylation is 1. The summed E-state index contributed by atoms with van der Waals surface area (Å²) in [6, 6.07) is 0. The van der Waals surface area contributed by atoms with Crippen LogP contribution in [-0.2, 0) is 0 Å². The molecule has 0 saturated heterocycles. The molecule has 0 aliphatic carbocycles. The minimum absolute atomic E-state index is 0.805. The Hall–Kier alpha value is -1.10. The molecule has 1 heterocycles. The first-order chi connectivity index (χ1) is 6.50. The number of thiazole rings is 1. The van der Waals surface area contributed by atoms with Crippen molar-refractivity contribution in [3.05, 3.63) is 11.1 Å². The zero-order chi connectivity index (χ0) is 10.7. The molecule has 5 heteroatoms. The zero-order valence-electron chi connectivity index (χ0n) is 9.27. The molecule has 0 spiro atoms. The predicted octanol–water partition coefficient (Wildman–Crippen LogP) is 1.56. The third kappa shape index (κ3) is 2.70. The summed E-state index contributed by atoms with van der Waals surface area (Å²) in [5.74, 6) is 0.902. The van der Waals surface area contributed by atoms with Crippen molar-refractivity contribution in [2.24, 2.45) is 4.99 Å². The molecule has 1 aromatic rings. The molecule has 0 fully saturated rings. The summed E-state index contributed by atoms with van der Waals surface area (Å²) in [7, 11) is 7.89. The second-order valence-corrected chi connectivity index (χ2v) is 4.67. The van der Waals surface area contributed by atoms with Gasteiger partial charge in [-0.3, -0.25) is 0 Å². The Bertz CT molecular complexity index is 317. The standard InChI is InChI=1S/C9H16N4S/c1-7-6-10-8(14-7)11-9(12(2)3)13(4)5/h6H,1-5H3. The quantitative estimate of drug-likeness (QED) is 0.523. The summed E-state index contributed by atoms with van der Waals surface area (Å²) in [5, 5.41) is 0.805. The van der Waals surface area contributed by atoms with E-state index in [0.717, 1.165) is 11.1 Å². The van der Waals surface area contributed by atoms with Crippen LogP contribution in [0.5, 0.6) is 0 Å². The van der Waals surface area contributed by atoms with Crippen molar-refractivity contribution in [2.75, 3.05) is 28.2 Å². The Morgan fingerprint density at radius 1 is 1.29 bits per heavy atom. The van der Waals surface area contributed by atoms with Gasteiger partial charge in [0.15, 0.2) is 0 Å². The lowest BCUT2D eigenvalue weighted by atomic mass is 10.7. The Balaban J connectivity index is 2.93. The normalized spacial score (nSPS) is 9.79. The van der Waals surface area contributed by atoms with Gasteiger partial charge in [0.25, 0.3) is 0 Å². The topological polar surface area (TPSA) is 31.7 Å². The van der Waals surface area contributed by atoms with Crippen molar-refractivity contribution in [1.82, 2.24) is 14.8 Å². The van der Waals surface area contributed by atoms with Gasteiger partial charge in [0.05, 0.1) is 0 Å². The lowest BCUT2D eigenvalue weighted by molar-refractivity contribution is 0.484. The molecular weight excluding hydrogens is 196 g/mol. The lowest BCUT2D eigenvalue weighted by Gasteiger charge is -2.21. The molecule has 0 saturated carbocycles. The van der Waals surface area contributed by atoms with E-state index in [2.05, 4.69) is 9.98 Å². The second-order valence-electron chi connectivity index (χ2n) is 3.45. The van der Waals surface area contributed by atoms with Crippen LogP contribution in [0.25, 0.3) is 0 Å². The van der Waals surface area contributed by atoms with E-state index in [0.29, 0.717) is 0 Å². The average Bonchev–Trinajstić information content (AvgIpc) is 2.46. The largest absolute Gasteiger partial charge is 0.349 e. The Morgan fingerprint density at radius 2 is 1.86 bits per heavy atom. The third-order valence-electron chi connectivity index (χ3n) is 1.60. The molecule has 14 heavy (non-hydrogen) atoms. The second kappa shape index (κ2) is 4.41. The van der Waals surface area contributed by atoms with Crippen LogP contribution in [0, 0.1) is 6.92 Å². The van der Waals surface area contributed by atoms with E-state index in [1.54, 1.807) is 11.3 Å². The number of nitrogens with zero attached hydrogens (tertiary/aromatic N) is 4. The van der Waals surface area contributed by atoms with Crippen molar-refractivity contribution < 1.29 is 0 Å². The molecule has 0 aromatic carbocycles. The van der Waals surface area contributed by atoms with Crippen LogP contribution in [0.3, 0.4) is 0 Å². The van der Waals surface area contributed by atoms with E-state index in [1.807, 2.05) is 51.1 Å². The minimum atomic E-state index is 0.805. The SMILES string of the molecule is Cc1cnc(N=C(N(C)C)N(C)C)s1. The molecule has 0 aliphatic rings. The molecule has 4 nitrogen and oxygen atoms in total. The Morgan fingerprint density at radius 3 is 2.21 bits per heavy atom. The monoisotopic (exact) mass is 212 g/mol. The molecule has 1 aromatic heterocycles. The molecule has 1 rings (SSSR count). The van der Waals surface area contributed by atoms with Crippen LogP contribution < -0.4 is 0 Å². The van der Waals surface area contributed by atoms with Crippen molar-refractivity contribution in [2.45, 2.75) is 6.92 Å². The zero-order valence-corrected chi connectivity index (χ0v) is 10.1. The fraction of sp³-hybridized carbons (Fsp3) is 0.556. The van der Waals surface area contributed by atoms with Crippen LogP contribution >= 0.6 is 11.3 Å². The highest BCUT2D eigenvalue weighted by atomic mass is 32.1. The number of aliphatic imine (C=N–C) groups is 1. The van der Waals surface area contributed by atoms with Crippen LogP contribution in [0.2, 0.25) is 0 Å². The van der Waals surface area contributed by atoms with Crippen molar-refractivity contribution in [3.8, 4) is 0 Å². The average molecular weight is 212 g/mol. The van der Waals surface area contributed by atoms with Crippen LogP contribution in [0.15, 0.2) is 11.2 Å². The highest BCUT2D eigenvalue weighted by Gasteiger charge is 2.05. The molecule has 0 N–H and O–H groups in total. The minimum Gasteiger partial charge on any atom is -0.349 e. The van der Waals surface area contributed by atoms with Gasteiger partial charge in [0.1, 0.15) is 0 Å². The van der Waals surface area contributed by atoms with Crippen LogP contribution in [-0.4, -0.2) is 48.9 Å². The highest BCUT2D eigenvalue weighted by molar-refractivity contribution is 7.15. The first-order valence-corrected chi connectivity index (χ1v) is 5.18. The molecule has 0 radical (unpaired) electrons. The number of hydrogen-bond donors (Lipinski definition) is 0. The van der Waals surface area contributed by atoms with Gasteiger partial charge in [-0.15, -0.1) is 11.3 Å². The fourth-order valence-corrected chi connectivity index (χ4v) is 1.71. The first-order valence-electron chi connectivity index (χ1n) is 4.36. The van der Waals surface area contributed by atoms with E-state index in [9.17, 15) is 0 Å². The molecule has 0 atom stereocenters. The van der Waals surface area contributed by atoms with E-state index in [-0.39, 0.29) is 0 Å². The van der Waals surface area contributed by atoms with Gasteiger partial charge in [0, 0.05) is 39.3 Å². The van der Waals surface area contributed by atoms with Crippen molar-refractivity contribution >= 4 is 22.4 Å². The molecule has 78 valence electrons. The van der Waals surface area contributed by atoms with Gasteiger partial charge in [0.2, 0.25) is 11.1 Å². The van der Waals surface area contributed by atoms with E-state index < -0.39 is 0 Å². The fourth-order valence-electron chi connectivity index (χ4n) is 1.08. The summed E-state index contributed by atoms with van der Waals surface area (Å²) in [4.78, 5) is 13.8. The molecular formula is C9H16N4S. The van der Waals surface area contributed by atoms with Gasteiger partial charge >= 0.3 is 0 Å². The predicted molar refractivity (Wildman–Crippen MR) is 61.3 cm³/mol. The van der Waals surface area contributed by atoms with E-state index in [4.69, 9.17) is 0 Å². The highest BCUT2D eigenvalue weighted by Crippen LogP contribution is 2.20. The number of rotatable bonds is 1. The molecule has 0 unspecified atom stereocenters. The smallest absolute Gasteiger partial charge is 0.212 e. The Labute approximate surface area is 88.9 Å². The van der Waals surface area contributed by atoms with Gasteiger partial charge in [-0.1, -0.05) is 0 Å². The first kappa shape index (κ1) is 11.0. The van der Waals surface area contributed by atoms with Crippen molar-refractivity contribution in [3.63, 3.8) is 0 Å². The third-order valence-corrected chi connectivity index (χ3v) is 2.41. The van der Waals surface area contributed by atoms with Gasteiger partial charge < -0.3 is 9.80 Å². The summed E-state index contributed by atoms with van der Waals surface area (Å²) in [5.41, 5.74) is 0. The maximum Gasteiger partial charge on any atom is 0.212 e. The summed E-state index contributed by atoms with van der Waals surface area (Å²) >= 11 is 1.60. The maximum absolute atomic E-state index is 4.45.